The lowest BCUT2D eigenvalue weighted by Gasteiger charge is -2.25. The average Bonchev–Trinajstić information content (AvgIpc) is 3.14. The number of fused-ring (bicyclic) bond motifs is 1. The molecular weight excluding hydrogens is 479 g/mol. The maximum absolute atomic E-state index is 13.4. The number of alkyl halides is 3. The highest BCUT2D eigenvalue weighted by Crippen LogP contribution is 2.31. The van der Waals surface area contributed by atoms with Gasteiger partial charge in [-0.15, -0.1) is 0 Å². The molecule has 4 rings (SSSR count). The fourth-order valence-corrected chi connectivity index (χ4v) is 4.59. The van der Waals surface area contributed by atoms with Crippen molar-refractivity contribution in [2.45, 2.75) is 36.6 Å². The zero-order valence-corrected chi connectivity index (χ0v) is 19.9. The van der Waals surface area contributed by atoms with E-state index in [1.165, 1.54) is 16.8 Å². The molecule has 3 aromatic rings. The Balaban J connectivity index is 1.57. The van der Waals surface area contributed by atoms with Crippen molar-refractivity contribution in [2.24, 2.45) is 0 Å². The SMILES string of the molecule is CS(=O)(=O)c1ccc(NCC#Cc2cc3c(NC4CCNCC4)cccc3n2CC(F)(F)F)cn1. The largest absolute Gasteiger partial charge is 0.406 e. The summed E-state index contributed by atoms with van der Waals surface area (Å²) >= 11 is 0. The summed E-state index contributed by atoms with van der Waals surface area (Å²) in [5, 5.41) is 10.4. The fourth-order valence-electron chi connectivity index (χ4n) is 4.03. The minimum Gasteiger partial charge on any atom is -0.382 e. The number of anilines is 2. The predicted molar refractivity (Wildman–Crippen MR) is 130 cm³/mol. The van der Waals surface area contributed by atoms with Gasteiger partial charge in [-0.1, -0.05) is 12.0 Å². The second kappa shape index (κ2) is 10.2. The van der Waals surface area contributed by atoms with Crippen LogP contribution >= 0.6 is 0 Å². The number of hydrogen-bond acceptors (Lipinski definition) is 6. The highest BCUT2D eigenvalue weighted by atomic mass is 32.2. The van der Waals surface area contributed by atoms with Crippen LogP contribution in [0.5, 0.6) is 0 Å². The fraction of sp³-hybridized carbons (Fsp3) is 0.375. The van der Waals surface area contributed by atoms with Crippen LogP contribution in [0.2, 0.25) is 0 Å². The van der Waals surface area contributed by atoms with E-state index in [9.17, 15) is 21.6 Å². The van der Waals surface area contributed by atoms with Gasteiger partial charge in [0, 0.05) is 23.4 Å². The van der Waals surface area contributed by atoms with E-state index in [1.807, 2.05) is 6.07 Å². The van der Waals surface area contributed by atoms with Gasteiger partial charge in [-0.2, -0.15) is 13.2 Å². The van der Waals surface area contributed by atoms with Gasteiger partial charge in [0.05, 0.1) is 29.6 Å². The third kappa shape index (κ3) is 6.46. The molecule has 1 aliphatic heterocycles. The monoisotopic (exact) mass is 505 g/mol. The molecule has 1 aromatic carbocycles. The minimum atomic E-state index is -4.40. The van der Waals surface area contributed by atoms with E-state index in [0.29, 0.717) is 16.6 Å². The average molecular weight is 506 g/mol. The molecule has 186 valence electrons. The summed E-state index contributed by atoms with van der Waals surface area (Å²) in [4.78, 5) is 3.89. The molecule has 0 atom stereocenters. The first-order chi connectivity index (χ1) is 16.6. The predicted octanol–water partition coefficient (Wildman–Crippen LogP) is 3.63. The van der Waals surface area contributed by atoms with E-state index in [4.69, 9.17) is 0 Å². The molecule has 11 heteroatoms. The number of pyridine rings is 1. The summed E-state index contributed by atoms with van der Waals surface area (Å²) < 4.78 is 64.3. The Bertz CT molecular complexity index is 1350. The van der Waals surface area contributed by atoms with Gasteiger partial charge in [-0.3, -0.25) is 0 Å². The summed E-state index contributed by atoms with van der Waals surface area (Å²) in [7, 11) is -3.40. The summed E-state index contributed by atoms with van der Waals surface area (Å²) in [5.74, 6) is 5.72. The van der Waals surface area contributed by atoms with Gasteiger partial charge in [0.2, 0.25) is 0 Å². The Labute approximate surface area is 202 Å². The summed E-state index contributed by atoms with van der Waals surface area (Å²) in [6.45, 7) is 0.813. The van der Waals surface area contributed by atoms with Crippen LogP contribution in [0.15, 0.2) is 47.6 Å². The number of hydrogen-bond donors (Lipinski definition) is 3. The molecule has 3 heterocycles. The van der Waals surface area contributed by atoms with Gasteiger partial charge in [-0.05, 0) is 62.2 Å². The van der Waals surface area contributed by atoms with Crippen LogP contribution in [0.4, 0.5) is 24.5 Å². The Morgan fingerprint density at radius 3 is 2.63 bits per heavy atom. The van der Waals surface area contributed by atoms with Crippen LogP contribution < -0.4 is 16.0 Å². The molecule has 0 radical (unpaired) electrons. The molecule has 1 aliphatic rings. The number of nitrogens with one attached hydrogen (secondary N) is 3. The molecule has 0 spiro atoms. The first-order valence-electron chi connectivity index (χ1n) is 11.2. The van der Waals surface area contributed by atoms with Crippen LogP contribution in [-0.2, 0) is 16.4 Å². The molecular formula is C24H26F3N5O2S. The number of piperidine rings is 1. The third-order valence-corrected chi connectivity index (χ3v) is 6.70. The van der Waals surface area contributed by atoms with Crippen LogP contribution in [0.25, 0.3) is 10.9 Å². The Kier molecular flexibility index (Phi) is 7.23. The third-order valence-electron chi connectivity index (χ3n) is 5.70. The van der Waals surface area contributed by atoms with E-state index in [1.54, 1.807) is 24.3 Å². The van der Waals surface area contributed by atoms with Crippen molar-refractivity contribution in [1.82, 2.24) is 14.9 Å². The second-order valence-corrected chi connectivity index (χ2v) is 10.4. The topological polar surface area (TPSA) is 88.0 Å². The van der Waals surface area contributed by atoms with Crippen molar-refractivity contribution >= 4 is 32.1 Å². The second-order valence-electron chi connectivity index (χ2n) is 8.45. The molecule has 7 nitrogen and oxygen atoms in total. The minimum absolute atomic E-state index is 0.0419. The van der Waals surface area contributed by atoms with Gasteiger partial charge in [0.25, 0.3) is 0 Å². The standard InChI is InChI=1S/C24H26F3N5O2S/c1-35(33,34)23-8-7-18(15-30-23)29-11-3-4-19-14-20-21(31-17-9-12-28-13-10-17)5-2-6-22(20)32(19)16-24(25,26)27/h2,5-8,14-15,17,28-29,31H,9-13,16H2,1H3. The van der Waals surface area contributed by atoms with Crippen molar-refractivity contribution in [3.63, 3.8) is 0 Å². The number of nitrogens with zero attached hydrogens (tertiary/aromatic N) is 2. The molecule has 0 aliphatic carbocycles. The van der Waals surface area contributed by atoms with Gasteiger partial charge in [0.15, 0.2) is 14.9 Å². The highest BCUT2D eigenvalue weighted by molar-refractivity contribution is 7.90. The van der Waals surface area contributed by atoms with Crippen LogP contribution in [0.3, 0.4) is 0 Å². The first-order valence-corrected chi connectivity index (χ1v) is 13.0. The summed E-state index contributed by atoms with van der Waals surface area (Å²) in [5.41, 5.74) is 2.09. The quantitative estimate of drug-likeness (QED) is 0.444. The summed E-state index contributed by atoms with van der Waals surface area (Å²) in [6, 6.07) is 10.2. The summed E-state index contributed by atoms with van der Waals surface area (Å²) in [6.07, 6.45) is -0.0686. The van der Waals surface area contributed by atoms with E-state index in [-0.39, 0.29) is 23.3 Å². The lowest BCUT2D eigenvalue weighted by atomic mass is 10.1. The van der Waals surface area contributed by atoms with E-state index >= 15 is 0 Å². The number of aromatic nitrogens is 2. The van der Waals surface area contributed by atoms with Gasteiger partial charge >= 0.3 is 6.18 Å². The Morgan fingerprint density at radius 2 is 1.97 bits per heavy atom. The zero-order chi connectivity index (χ0) is 25.1. The normalized spacial score (nSPS) is 15.0. The maximum Gasteiger partial charge on any atom is 0.406 e. The Morgan fingerprint density at radius 1 is 1.20 bits per heavy atom. The van der Waals surface area contributed by atoms with E-state index in [2.05, 4.69) is 32.8 Å². The lowest BCUT2D eigenvalue weighted by Crippen LogP contribution is -2.35. The smallest absolute Gasteiger partial charge is 0.382 e. The number of halogens is 3. The lowest BCUT2D eigenvalue weighted by molar-refractivity contribution is -0.140. The van der Waals surface area contributed by atoms with Crippen LogP contribution in [-0.4, -0.2) is 56.1 Å². The van der Waals surface area contributed by atoms with Gasteiger partial charge in [0.1, 0.15) is 6.54 Å². The molecule has 35 heavy (non-hydrogen) atoms. The van der Waals surface area contributed by atoms with Crippen molar-refractivity contribution in [2.75, 3.05) is 36.5 Å². The first kappa shape index (κ1) is 24.9. The molecule has 1 fully saturated rings. The van der Waals surface area contributed by atoms with Crippen molar-refractivity contribution in [1.29, 1.82) is 0 Å². The molecule has 1 saturated heterocycles. The van der Waals surface area contributed by atoms with Crippen molar-refractivity contribution in [3.8, 4) is 11.8 Å². The molecule has 0 amide bonds. The van der Waals surface area contributed by atoms with E-state index in [0.717, 1.165) is 37.9 Å². The van der Waals surface area contributed by atoms with Crippen LogP contribution in [0, 0.1) is 11.8 Å². The zero-order valence-electron chi connectivity index (χ0n) is 19.1. The van der Waals surface area contributed by atoms with Crippen molar-refractivity contribution in [3.05, 3.63) is 48.3 Å². The van der Waals surface area contributed by atoms with Gasteiger partial charge < -0.3 is 20.5 Å². The Hall–Kier alpha value is -3.23. The molecule has 0 saturated carbocycles. The molecule has 3 N–H and O–H groups in total. The number of rotatable bonds is 6. The molecule has 0 bridgehead atoms. The molecule has 2 aromatic heterocycles. The number of sulfone groups is 1. The molecule has 0 unspecified atom stereocenters. The maximum atomic E-state index is 13.4. The van der Waals surface area contributed by atoms with Crippen LogP contribution in [0.1, 0.15) is 18.5 Å². The van der Waals surface area contributed by atoms with Crippen molar-refractivity contribution < 1.29 is 21.6 Å². The highest BCUT2D eigenvalue weighted by Gasteiger charge is 2.30. The van der Waals surface area contributed by atoms with Gasteiger partial charge in [-0.25, -0.2) is 13.4 Å². The van der Waals surface area contributed by atoms with E-state index < -0.39 is 22.6 Å². The number of benzene rings is 1.